The zero-order valence-electron chi connectivity index (χ0n) is 12.5. The van der Waals surface area contributed by atoms with E-state index in [0.717, 1.165) is 31.7 Å². The van der Waals surface area contributed by atoms with Crippen molar-refractivity contribution in [1.82, 2.24) is 14.4 Å². The minimum atomic E-state index is 0.275. The third-order valence-corrected chi connectivity index (χ3v) is 3.87. The Morgan fingerprint density at radius 1 is 1.55 bits per heavy atom. The standard InChI is InChI=1S/C15H22N4O/c1-4-19-11-13(6-15(19)20)9-17(2)8-12-5-14(7-16)18(3)10-12/h5,10,13H,4,6,8-9,11H2,1-3H3/t13-/m0/s1. The largest absolute Gasteiger partial charge is 0.343 e. The zero-order chi connectivity index (χ0) is 14.7. The Morgan fingerprint density at radius 2 is 2.30 bits per heavy atom. The molecule has 1 atom stereocenters. The fourth-order valence-electron chi connectivity index (χ4n) is 2.93. The molecule has 5 heteroatoms. The Morgan fingerprint density at radius 3 is 2.85 bits per heavy atom. The van der Waals surface area contributed by atoms with Crippen molar-refractivity contribution in [3.63, 3.8) is 0 Å². The Hall–Kier alpha value is -1.80. The van der Waals surface area contributed by atoms with E-state index < -0.39 is 0 Å². The molecule has 0 radical (unpaired) electrons. The van der Waals surface area contributed by atoms with Gasteiger partial charge in [-0.15, -0.1) is 0 Å². The fourth-order valence-corrected chi connectivity index (χ4v) is 2.93. The van der Waals surface area contributed by atoms with Crippen LogP contribution in [0.1, 0.15) is 24.6 Å². The number of carbonyl (C=O) groups excluding carboxylic acids is 1. The lowest BCUT2D eigenvalue weighted by Gasteiger charge is -2.20. The maximum Gasteiger partial charge on any atom is 0.222 e. The van der Waals surface area contributed by atoms with Crippen molar-refractivity contribution in [1.29, 1.82) is 5.26 Å². The topological polar surface area (TPSA) is 52.3 Å². The number of carbonyl (C=O) groups is 1. The van der Waals surface area contributed by atoms with Crippen LogP contribution >= 0.6 is 0 Å². The number of rotatable bonds is 5. The van der Waals surface area contributed by atoms with E-state index in [1.807, 2.05) is 35.7 Å². The molecule has 1 aromatic heterocycles. The number of amides is 1. The van der Waals surface area contributed by atoms with Gasteiger partial charge in [0.2, 0.25) is 5.91 Å². The van der Waals surface area contributed by atoms with E-state index in [1.165, 1.54) is 0 Å². The van der Waals surface area contributed by atoms with Crippen molar-refractivity contribution in [3.8, 4) is 6.07 Å². The molecular formula is C15H22N4O. The van der Waals surface area contributed by atoms with Gasteiger partial charge in [0, 0.05) is 45.8 Å². The number of nitrogens with zero attached hydrogens (tertiary/aromatic N) is 4. The number of nitriles is 1. The third-order valence-electron chi connectivity index (χ3n) is 3.87. The number of hydrogen-bond donors (Lipinski definition) is 0. The van der Waals surface area contributed by atoms with Crippen LogP contribution in [0.3, 0.4) is 0 Å². The lowest BCUT2D eigenvalue weighted by molar-refractivity contribution is -0.127. The second-order valence-corrected chi connectivity index (χ2v) is 5.66. The summed E-state index contributed by atoms with van der Waals surface area (Å²) in [6.45, 7) is 5.43. The minimum absolute atomic E-state index is 0.275. The molecule has 108 valence electrons. The molecule has 20 heavy (non-hydrogen) atoms. The number of aromatic nitrogens is 1. The molecular weight excluding hydrogens is 252 g/mol. The van der Waals surface area contributed by atoms with Crippen LogP contribution in [-0.2, 0) is 18.4 Å². The second-order valence-electron chi connectivity index (χ2n) is 5.66. The van der Waals surface area contributed by atoms with Crippen LogP contribution in [0.5, 0.6) is 0 Å². The van der Waals surface area contributed by atoms with Gasteiger partial charge >= 0.3 is 0 Å². The normalized spacial score (nSPS) is 18.9. The average Bonchev–Trinajstić information content (AvgIpc) is 2.91. The monoisotopic (exact) mass is 274 g/mol. The van der Waals surface area contributed by atoms with Crippen molar-refractivity contribution in [3.05, 3.63) is 23.5 Å². The van der Waals surface area contributed by atoms with Crippen LogP contribution in [-0.4, -0.2) is 47.0 Å². The summed E-state index contributed by atoms with van der Waals surface area (Å²) >= 11 is 0. The molecule has 5 nitrogen and oxygen atoms in total. The Balaban J connectivity index is 1.88. The first-order chi connectivity index (χ1) is 9.53. The van der Waals surface area contributed by atoms with Gasteiger partial charge in [0.15, 0.2) is 0 Å². The molecule has 1 fully saturated rings. The van der Waals surface area contributed by atoms with Gasteiger partial charge in [0.25, 0.3) is 0 Å². The molecule has 1 aliphatic rings. The van der Waals surface area contributed by atoms with Crippen molar-refractivity contribution in [2.75, 3.05) is 26.7 Å². The van der Waals surface area contributed by atoms with E-state index in [1.54, 1.807) is 0 Å². The number of hydrogen-bond acceptors (Lipinski definition) is 3. The van der Waals surface area contributed by atoms with Crippen LogP contribution in [0.2, 0.25) is 0 Å². The van der Waals surface area contributed by atoms with Crippen LogP contribution in [0, 0.1) is 17.2 Å². The molecule has 0 saturated carbocycles. The highest BCUT2D eigenvalue weighted by Gasteiger charge is 2.28. The number of aryl methyl sites for hydroxylation is 1. The average molecular weight is 274 g/mol. The first kappa shape index (κ1) is 14.6. The van der Waals surface area contributed by atoms with Crippen LogP contribution < -0.4 is 0 Å². The smallest absolute Gasteiger partial charge is 0.222 e. The highest BCUT2D eigenvalue weighted by Crippen LogP contribution is 2.19. The summed E-state index contributed by atoms with van der Waals surface area (Å²) < 4.78 is 1.85. The maximum absolute atomic E-state index is 11.7. The predicted octanol–water partition coefficient (Wildman–Crippen LogP) is 1.20. The molecule has 1 aromatic rings. The van der Waals surface area contributed by atoms with E-state index in [2.05, 4.69) is 18.0 Å². The summed E-state index contributed by atoms with van der Waals surface area (Å²) in [7, 11) is 3.95. The molecule has 2 heterocycles. The van der Waals surface area contributed by atoms with Gasteiger partial charge in [-0.25, -0.2) is 0 Å². The molecule has 1 amide bonds. The van der Waals surface area contributed by atoms with Gasteiger partial charge < -0.3 is 14.4 Å². The molecule has 0 aliphatic carbocycles. The fraction of sp³-hybridized carbons (Fsp3) is 0.600. The quantitative estimate of drug-likeness (QED) is 0.810. The van der Waals surface area contributed by atoms with Gasteiger partial charge in [0.1, 0.15) is 11.8 Å². The van der Waals surface area contributed by atoms with Crippen molar-refractivity contribution in [2.45, 2.75) is 19.9 Å². The molecule has 1 aliphatic heterocycles. The maximum atomic E-state index is 11.7. The van der Waals surface area contributed by atoms with Crippen molar-refractivity contribution >= 4 is 5.91 Å². The molecule has 1 saturated heterocycles. The highest BCUT2D eigenvalue weighted by molar-refractivity contribution is 5.78. The highest BCUT2D eigenvalue weighted by atomic mass is 16.2. The summed E-state index contributed by atoms with van der Waals surface area (Å²) in [5.41, 5.74) is 1.82. The molecule has 0 spiro atoms. The van der Waals surface area contributed by atoms with Crippen LogP contribution in [0.15, 0.2) is 12.3 Å². The second kappa shape index (κ2) is 6.10. The van der Waals surface area contributed by atoms with E-state index in [4.69, 9.17) is 5.26 Å². The summed E-state index contributed by atoms with van der Waals surface area (Å²) in [5, 5.41) is 8.95. The predicted molar refractivity (Wildman–Crippen MR) is 76.8 cm³/mol. The lowest BCUT2D eigenvalue weighted by Crippen LogP contribution is -2.28. The summed E-state index contributed by atoms with van der Waals surface area (Å²) in [6.07, 6.45) is 2.66. The third kappa shape index (κ3) is 3.20. The van der Waals surface area contributed by atoms with Gasteiger partial charge in [-0.05, 0) is 31.5 Å². The minimum Gasteiger partial charge on any atom is -0.343 e. The zero-order valence-corrected chi connectivity index (χ0v) is 12.5. The Bertz CT molecular complexity index is 528. The van der Waals surface area contributed by atoms with Gasteiger partial charge in [0.05, 0.1) is 0 Å². The van der Waals surface area contributed by atoms with E-state index in [-0.39, 0.29) is 5.91 Å². The molecule has 0 aromatic carbocycles. The van der Waals surface area contributed by atoms with Gasteiger partial charge in [-0.2, -0.15) is 5.26 Å². The molecule has 0 N–H and O–H groups in total. The summed E-state index contributed by atoms with van der Waals surface area (Å²) in [6, 6.07) is 4.10. The summed E-state index contributed by atoms with van der Waals surface area (Å²) in [5.74, 6) is 0.698. The molecule has 0 unspecified atom stereocenters. The van der Waals surface area contributed by atoms with E-state index >= 15 is 0 Å². The van der Waals surface area contributed by atoms with Gasteiger partial charge in [-0.3, -0.25) is 4.79 Å². The van der Waals surface area contributed by atoms with E-state index in [0.29, 0.717) is 18.0 Å². The van der Waals surface area contributed by atoms with Crippen molar-refractivity contribution in [2.24, 2.45) is 13.0 Å². The van der Waals surface area contributed by atoms with Crippen LogP contribution in [0.4, 0.5) is 0 Å². The van der Waals surface area contributed by atoms with E-state index in [9.17, 15) is 4.79 Å². The van der Waals surface area contributed by atoms with Crippen LogP contribution in [0.25, 0.3) is 0 Å². The first-order valence-electron chi connectivity index (χ1n) is 7.05. The van der Waals surface area contributed by atoms with Crippen molar-refractivity contribution < 1.29 is 4.79 Å². The first-order valence-corrected chi connectivity index (χ1v) is 7.05. The lowest BCUT2D eigenvalue weighted by atomic mass is 10.1. The number of likely N-dealkylation sites (tertiary alicyclic amines) is 1. The molecule has 0 bridgehead atoms. The summed E-state index contributed by atoms with van der Waals surface area (Å²) in [4.78, 5) is 15.9. The van der Waals surface area contributed by atoms with Gasteiger partial charge in [-0.1, -0.05) is 0 Å². The Labute approximate surface area is 120 Å². The Kier molecular flexibility index (Phi) is 4.46. The molecule has 2 rings (SSSR count). The SMILES string of the molecule is CCN1C[C@H](CN(C)Cc2cc(C#N)n(C)c2)CC1=O.